The highest BCUT2D eigenvalue weighted by atomic mass is 19.1. The number of aromatic amines is 1. The van der Waals surface area contributed by atoms with E-state index in [0.29, 0.717) is 18.5 Å². The molecule has 192 valence electrons. The van der Waals surface area contributed by atoms with Gasteiger partial charge in [0.2, 0.25) is 0 Å². The van der Waals surface area contributed by atoms with Gasteiger partial charge in [-0.05, 0) is 47.9 Å². The van der Waals surface area contributed by atoms with E-state index in [9.17, 15) is 18.8 Å². The van der Waals surface area contributed by atoms with Crippen molar-refractivity contribution in [3.8, 4) is 0 Å². The molecule has 0 spiro atoms. The van der Waals surface area contributed by atoms with Gasteiger partial charge >= 0.3 is 6.03 Å². The summed E-state index contributed by atoms with van der Waals surface area (Å²) in [7, 11) is 0. The van der Waals surface area contributed by atoms with Gasteiger partial charge in [0, 0.05) is 29.6 Å². The summed E-state index contributed by atoms with van der Waals surface area (Å²) in [6.07, 6.45) is 2.10. The number of hydrogen-bond donors (Lipinski definition) is 2. The number of nitrogens with zero attached hydrogens (tertiary/aromatic N) is 2. The number of amides is 4. The lowest BCUT2D eigenvalue weighted by atomic mass is 9.89. The van der Waals surface area contributed by atoms with E-state index in [1.807, 2.05) is 31.2 Å². The largest absolute Gasteiger partial charge is 0.356 e. The minimum Gasteiger partial charge on any atom is -0.356 e. The van der Waals surface area contributed by atoms with E-state index in [1.165, 1.54) is 12.1 Å². The molecule has 2 aliphatic heterocycles. The monoisotopic (exact) mass is 510 g/mol. The Morgan fingerprint density at radius 3 is 2.55 bits per heavy atom. The van der Waals surface area contributed by atoms with Crippen LogP contribution in [0.15, 0.2) is 72.8 Å². The Balaban J connectivity index is 1.45. The summed E-state index contributed by atoms with van der Waals surface area (Å²) in [4.78, 5) is 47.2. The van der Waals surface area contributed by atoms with Crippen molar-refractivity contribution in [1.29, 1.82) is 0 Å². The number of unbranched alkanes of at least 4 members (excludes halogenated alkanes) is 1. The minimum absolute atomic E-state index is 0.261. The molecule has 4 aromatic rings. The van der Waals surface area contributed by atoms with Crippen LogP contribution in [0.1, 0.15) is 53.0 Å². The van der Waals surface area contributed by atoms with Crippen molar-refractivity contribution in [2.75, 3.05) is 11.4 Å². The van der Waals surface area contributed by atoms with Crippen LogP contribution < -0.4 is 10.2 Å². The summed E-state index contributed by atoms with van der Waals surface area (Å²) in [5.41, 5.74) is 3.91. The lowest BCUT2D eigenvalue weighted by Crippen LogP contribution is -2.44. The highest BCUT2D eigenvalue weighted by molar-refractivity contribution is 6.24. The summed E-state index contributed by atoms with van der Waals surface area (Å²) in [5.74, 6) is -1.09. The fourth-order valence-electron chi connectivity index (χ4n) is 5.62. The van der Waals surface area contributed by atoms with Crippen LogP contribution in [0.4, 0.5) is 14.9 Å². The van der Waals surface area contributed by atoms with E-state index in [-0.39, 0.29) is 28.9 Å². The lowest BCUT2D eigenvalue weighted by molar-refractivity contribution is -0.120. The Bertz CT molecular complexity index is 1560. The van der Waals surface area contributed by atoms with Gasteiger partial charge in [-0.1, -0.05) is 55.8 Å². The maximum absolute atomic E-state index is 14.1. The second-order valence-electron chi connectivity index (χ2n) is 9.73. The van der Waals surface area contributed by atoms with Crippen LogP contribution in [0, 0.1) is 5.82 Å². The number of nitrogens with one attached hydrogen (secondary N) is 2. The van der Waals surface area contributed by atoms with E-state index in [2.05, 4.69) is 10.3 Å². The molecule has 0 bridgehead atoms. The number of fused-ring (bicyclic) bond motifs is 4. The normalized spacial score (nSPS) is 18.6. The van der Waals surface area contributed by atoms with E-state index < -0.39 is 18.1 Å². The minimum atomic E-state index is -0.763. The van der Waals surface area contributed by atoms with Gasteiger partial charge in [0.1, 0.15) is 17.9 Å². The van der Waals surface area contributed by atoms with Crippen molar-refractivity contribution in [1.82, 2.24) is 15.2 Å². The summed E-state index contributed by atoms with van der Waals surface area (Å²) in [5, 5.41) is 3.87. The zero-order valence-electron chi connectivity index (χ0n) is 20.9. The van der Waals surface area contributed by atoms with Crippen molar-refractivity contribution in [2.24, 2.45) is 0 Å². The first-order valence-electron chi connectivity index (χ1n) is 12.9. The third-order valence-corrected chi connectivity index (χ3v) is 7.44. The Morgan fingerprint density at radius 1 is 1.03 bits per heavy atom. The lowest BCUT2D eigenvalue weighted by Gasteiger charge is -2.36. The zero-order valence-corrected chi connectivity index (χ0v) is 20.9. The molecule has 2 unspecified atom stereocenters. The molecule has 38 heavy (non-hydrogen) atoms. The molecule has 6 rings (SSSR count). The van der Waals surface area contributed by atoms with E-state index in [1.54, 1.807) is 41.3 Å². The molecule has 0 aliphatic carbocycles. The molecule has 0 radical (unpaired) electrons. The predicted molar refractivity (Wildman–Crippen MR) is 142 cm³/mol. The van der Waals surface area contributed by atoms with E-state index in [4.69, 9.17) is 0 Å². The second-order valence-corrected chi connectivity index (χ2v) is 9.73. The summed E-state index contributed by atoms with van der Waals surface area (Å²) < 4.78 is 13.9. The van der Waals surface area contributed by atoms with Crippen LogP contribution in [-0.2, 0) is 11.2 Å². The zero-order chi connectivity index (χ0) is 26.4. The maximum Gasteiger partial charge on any atom is 0.332 e. The number of urea groups is 1. The highest BCUT2D eigenvalue weighted by Crippen LogP contribution is 2.45. The molecule has 3 aromatic carbocycles. The first kappa shape index (κ1) is 23.9. The number of rotatable bonds is 6. The number of hydrogen-bond acceptors (Lipinski definition) is 3. The average Bonchev–Trinajstić information content (AvgIpc) is 3.42. The molecule has 8 heteroatoms. The molecule has 3 heterocycles. The number of benzene rings is 3. The molecule has 0 saturated carbocycles. The molecule has 2 aliphatic rings. The second kappa shape index (κ2) is 9.45. The van der Waals surface area contributed by atoms with Gasteiger partial charge in [-0.25, -0.2) is 14.1 Å². The molecular formula is C30H27FN4O3. The highest BCUT2D eigenvalue weighted by Gasteiger charge is 2.53. The van der Waals surface area contributed by atoms with Crippen LogP contribution in [0.3, 0.4) is 0 Å². The Labute approximate surface area is 219 Å². The number of para-hydroxylation sites is 2. The standard InChI is InChI=1S/C30H27FN4O3/c1-2-3-16-32-28(36)21-9-5-7-11-24(21)35-29(37)25-17-22-20-8-4-6-10-23(20)33-26(22)27(34(25)30(35)38)18-12-14-19(31)15-13-18/h4-15,25,27,33H,2-3,16-17H2,1H3,(H,32,36). The Kier molecular flexibility index (Phi) is 5.94. The van der Waals surface area contributed by atoms with Crippen LogP contribution in [-0.4, -0.2) is 40.3 Å². The summed E-state index contributed by atoms with van der Waals surface area (Å²) in [6.45, 7) is 2.54. The van der Waals surface area contributed by atoms with E-state index in [0.717, 1.165) is 39.9 Å². The van der Waals surface area contributed by atoms with Gasteiger partial charge in [-0.15, -0.1) is 0 Å². The Morgan fingerprint density at radius 2 is 1.76 bits per heavy atom. The van der Waals surface area contributed by atoms with Crippen LogP contribution >= 0.6 is 0 Å². The summed E-state index contributed by atoms with van der Waals surface area (Å²) >= 11 is 0. The molecule has 4 amide bonds. The first-order valence-corrected chi connectivity index (χ1v) is 12.9. The van der Waals surface area contributed by atoms with Gasteiger partial charge in [-0.2, -0.15) is 0 Å². The number of anilines is 1. The first-order chi connectivity index (χ1) is 18.5. The smallest absolute Gasteiger partial charge is 0.332 e. The van der Waals surface area contributed by atoms with Crippen LogP contribution in [0.2, 0.25) is 0 Å². The number of imide groups is 1. The molecule has 7 nitrogen and oxygen atoms in total. The molecular weight excluding hydrogens is 483 g/mol. The van der Waals surface area contributed by atoms with Crippen molar-refractivity contribution in [3.63, 3.8) is 0 Å². The number of halogens is 1. The quantitative estimate of drug-likeness (QED) is 0.272. The number of aromatic nitrogens is 1. The number of carbonyl (C=O) groups is 3. The van der Waals surface area contributed by atoms with Gasteiger partial charge in [-0.3, -0.25) is 14.5 Å². The van der Waals surface area contributed by atoms with Crippen molar-refractivity contribution >= 4 is 34.4 Å². The molecule has 1 aromatic heterocycles. The fraction of sp³-hybridized carbons (Fsp3) is 0.233. The van der Waals surface area contributed by atoms with Crippen molar-refractivity contribution in [3.05, 3.63) is 101 Å². The third-order valence-electron chi connectivity index (χ3n) is 7.44. The topological polar surface area (TPSA) is 85.5 Å². The third kappa shape index (κ3) is 3.75. The van der Waals surface area contributed by atoms with Crippen molar-refractivity contribution in [2.45, 2.75) is 38.3 Å². The fourth-order valence-corrected chi connectivity index (χ4v) is 5.62. The Hall–Kier alpha value is -4.46. The number of H-pyrrole nitrogens is 1. The molecule has 2 atom stereocenters. The summed E-state index contributed by atoms with van der Waals surface area (Å²) in [6, 6.07) is 18.6. The maximum atomic E-state index is 14.1. The van der Waals surface area contributed by atoms with Gasteiger partial charge in [0.25, 0.3) is 11.8 Å². The van der Waals surface area contributed by atoms with Gasteiger partial charge < -0.3 is 10.3 Å². The average molecular weight is 511 g/mol. The predicted octanol–water partition coefficient (Wildman–Crippen LogP) is 5.32. The molecule has 1 fully saturated rings. The van der Waals surface area contributed by atoms with Gasteiger partial charge in [0.05, 0.1) is 11.3 Å². The van der Waals surface area contributed by atoms with Crippen LogP contribution in [0.25, 0.3) is 10.9 Å². The van der Waals surface area contributed by atoms with E-state index >= 15 is 0 Å². The van der Waals surface area contributed by atoms with Gasteiger partial charge in [0.15, 0.2) is 0 Å². The SMILES string of the molecule is CCCCNC(=O)c1ccccc1N1C(=O)C2Cc3c([nH]c4ccccc34)C(c3ccc(F)cc3)N2C1=O. The van der Waals surface area contributed by atoms with Crippen molar-refractivity contribution < 1.29 is 18.8 Å². The van der Waals surface area contributed by atoms with Crippen LogP contribution in [0.5, 0.6) is 0 Å². The molecule has 1 saturated heterocycles. The molecule has 2 N–H and O–H groups in total. The number of carbonyl (C=O) groups excluding carboxylic acids is 3.